The Bertz CT molecular complexity index is 378. The van der Waals surface area contributed by atoms with E-state index in [1.54, 1.807) is 0 Å². The molecule has 0 radical (unpaired) electrons. The Morgan fingerprint density at radius 3 is 2.71 bits per heavy atom. The molecule has 0 saturated heterocycles. The molecule has 21 heavy (non-hydrogen) atoms. The Hall–Kier alpha value is -0.930. The van der Waals surface area contributed by atoms with Crippen molar-refractivity contribution in [1.82, 2.24) is 15.2 Å². The molecule has 0 amide bonds. The zero-order valence-electron chi connectivity index (χ0n) is 14.4. The van der Waals surface area contributed by atoms with Crippen LogP contribution in [0.5, 0.6) is 0 Å². The van der Waals surface area contributed by atoms with E-state index in [0.29, 0.717) is 6.04 Å². The van der Waals surface area contributed by atoms with Crippen LogP contribution in [0.3, 0.4) is 0 Å². The van der Waals surface area contributed by atoms with Gasteiger partial charge in [-0.25, -0.2) is 0 Å². The van der Waals surface area contributed by atoms with Crippen LogP contribution in [0.15, 0.2) is 18.2 Å². The van der Waals surface area contributed by atoms with Gasteiger partial charge in [0.1, 0.15) is 0 Å². The highest BCUT2D eigenvalue weighted by Crippen LogP contribution is 2.04. The molecule has 0 spiro atoms. The molecule has 0 aliphatic carbocycles. The lowest BCUT2D eigenvalue weighted by Gasteiger charge is -2.22. The Balaban J connectivity index is 2.25. The summed E-state index contributed by atoms with van der Waals surface area (Å²) in [5, 5.41) is 3.64. The van der Waals surface area contributed by atoms with Crippen molar-refractivity contribution in [3.63, 3.8) is 0 Å². The van der Waals surface area contributed by atoms with Gasteiger partial charge in [0, 0.05) is 31.4 Å². The average Bonchev–Trinajstić information content (AvgIpc) is 2.46. The van der Waals surface area contributed by atoms with Gasteiger partial charge in [-0.1, -0.05) is 39.2 Å². The molecule has 1 atom stereocenters. The minimum atomic E-state index is 0.632. The quantitative estimate of drug-likeness (QED) is 0.629. The third kappa shape index (κ3) is 8.18. The average molecular weight is 291 g/mol. The Morgan fingerprint density at radius 2 is 2.05 bits per heavy atom. The van der Waals surface area contributed by atoms with Crippen LogP contribution >= 0.6 is 0 Å². The van der Waals surface area contributed by atoms with Gasteiger partial charge in [0.2, 0.25) is 0 Å². The van der Waals surface area contributed by atoms with Crippen molar-refractivity contribution in [2.75, 3.05) is 19.6 Å². The van der Waals surface area contributed by atoms with E-state index >= 15 is 0 Å². The summed E-state index contributed by atoms with van der Waals surface area (Å²) < 4.78 is 0. The second kappa shape index (κ2) is 10.7. The summed E-state index contributed by atoms with van der Waals surface area (Å²) in [6.07, 6.45) is 5.29. The van der Waals surface area contributed by atoms with Gasteiger partial charge in [0.15, 0.2) is 0 Å². The van der Waals surface area contributed by atoms with Crippen LogP contribution in [-0.4, -0.2) is 35.6 Å². The summed E-state index contributed by atoms with van der Waals surface area (Å²) >= 11 is 0. The zero-order valence-corrected chi connectivity index (χ0v) is 14.4. The second-order valence-electron chi connectivity index (χ2n) is 5.99. The molecular formula is C18H33N3. The molecule has 1 heterocycles. The maximum atomic E-state index is 4.59. The van der Waals surface area contributed by atoms with Gasteiger partial charge in [0.25, 0.3) is 0 Å². The molecule has 1 aromatic heterocycles. The van der Waals surface area contributed by atoms with Crippen LogP contribution in [0.4, 0.5) is 0 Å². The molecule has 120 valence electrons. The number of likely N-dealkylation sites (N-methyl/N-ethyl adjacent to an activating group) is 1. The summed E-state index contributed by atoms with van der Waals surface area (Å²) in [4.78, 5) is 7.04. The number of hydrogen-bond acceptors (Lipinski definition) is 3. The Morgan fingerprint density at radius 1 is 1.24 bits per heavy atom. The Kier molecular flexibility index (Phi) is 9.27. The van der Waals surface area contributed by atoms with Crippen molar-refractivity contribution in [3.05, 3.63) is 29.6 Å². The first-order valence-corrected chi connectivity index (χ1v) is 8.54. The van der Waals surface area contributed by atoms with Crippen molar-refractivity contribution in [1.29, 1.82) is 0 Å². The lowest BCUT2D eigenvalue weighted by atomic mass is 10.1. The third-order valence-electron chi connectivity index (χ3n) is 3.94. The molecule has 0 aromatic carbocycles. The molecule has 0 aliphatic rings. The first-order valence-electron chi connectivity index (χ1n) is 8.54. The first-order chi connectivity index (χ1) is 10.2. The monoisotopic (exact) mass is 291 g/mol. The van der Waals surface area contributed by atoms with Crippen molar-refractivity contribution in [2.24, 2.45) is 0 Å². The number of aromatic nitrogens is 1. The van der Waals surface area contributed by atoms with E-state index < -0.39 is 0 Å². The first kappa shape index (κ1) is 18.1. The number of rotatable bonds is 11. The number of aryl methyl sites for hydroxylation is 1. The van der Waals surface area contributed by atoms with E-state index in [2.05, 4.69) is 61.1 Å². The summed E-state index contributed by atoms with van der Waals surface area (Å²) in [6.45, 7) is 13.0. The lowest BCUT2D eigenvalue weighted by molar-refractivity contribution is 0.270. The summed E-state index contributed by atoms with van der Waals surface area (Å²) in [6, 6.07) is 6.90. The standard InChI is InChI=1S/C18H33N3/c1-5-7-8-10-16(3)19-13-14-21(6-2)15-18-12-9-11-17(4)20-18/h9,11-12,16,19H,5-8,10,13-15H2,1-4H3. The second-order valence-corrected chi connectivity index (χ2v) is 5.99. The summed E-state index contributed by atoms with van der Waals surface area (Å²) in [5.41, 5.74) is 2.28. The van der Waals surface area contributed by atoms with E-state index in [1.807, 2.05) is 0 Å². The van der Waals surface area contributed by atoms with Crippen LogP contribution < -0.4 is 5.32 Å². The number of hydrogen-bond donors (Lipinski definition) is 1. The van der Waals surface area contributed by atoms with Crippen molar-refractivity contribution in [3.8, 4) is 0 Å². The number of nitrogens with one attached hydrogen (secondary N) is 1. The maximum absolute atomic E-state index is 4.59. The van der Waals surface area contributed by atoms with Crippen LogP contribution in [0.2, 0.25) is 0 Å². The summed E-state index contributed by atoms with van der Waals surface area (Å²) in [7, 11) is 0. The fourth-order valence-corrected chi connectivity index (χ4v) is 2.54. The minimum Gasteiger partial charge on any atom is -0.313 e. The molecule has 1 rings (SSSR count). The van der Waals surface area contributed by atoms with Crippen LogP contribution in [-0.2, 0) is 6.54 Å². The van der Waals surface area contributed by atoms with E-state index in [-0.39, 0.29) is 0 Å². The van der Waals surface area contributed by atoms with E-state index in [0.717, 1.165) is 31.9 Å². The molecular weight excluding hydrogens is 258 g/mol. The highest BCUT2D eigenvalue weighted by atomic mass is 15.1. The fraction of sp³-hybridized carbons (Fsp3) is 0.722. The number of nitrogens with zero attached hydrogens (tertiary/aromatic N) is 2. The van der Waals surface area contributed by atoms with Crippen LogP contribution in [0, 0.1) is 6.92 Å². The molecule has 0 saturated carbocycles. The largest absolute Gasteiger partial charge is 0.313 e. The van der Waals surface area contributed by atoms with Gasteiger partial charge < -0.3 is 5.32 Å². The zero-order chi connectivity index (χ0) is 15.5. The van der Waals surface area contributed by atoms with E-state index in [4.69, 9.17) is 0 Å². The Labute approximate surface area is 131 Å². The predicted octanol–water partition coefficient (Wildman–Crippen LogP) is 3.77. The van der Waals surface area contributed by atoms with Gasteiger partial charge in [-0.3, -0.25) is 9.88 Å². The highest BCUT2D eigenvalue weighted by molar-refractivity contribution is 5.09. The van der Waals surface area contributed by atoms with Crippen molar-refractivity contribution in [2.45, 2.75) is 66.0 Å². The molecule has 1 N–H and O–H groups in total. The predicted molar refractivity (Wildman–Crippen MR) is 91.5 cm³/mol. The molecule has 0 fully saturated rings. The highest BCUT2D eigenvalue weighted by Gasteiger charge is 2.06. The topological polar surface area (TPSA) is 28.2 Å². The lowest BCUT2D eigenvalue weighted by Crippen LogP contribution is -2.35. The smallest absolute Gasteiger partial charge is 0.0547 e. The van der Waals surface area contributed by atoms with E-state index in [9.17, 15) is 0 Å². The number of unbranched alkanes of at least 4 members (excludes halogenated alkanes) is 2. The van der Waals surface area contributed by atoms with Gasteiger partial charge in [-0.15, -0.1) is 0 Å². The van der Waals surface area contributed by atoms with Gasteiger partial charge in [-0.2, -0.15) is 0 Å². The van der Waals surface area contributed by atoms with Crippen molar-refractivity contribution >= 4 is 0 Å². The molecule has 1 aromatic rings. The molecule has 3 heteroatoms. The maximum Gasteiger partial charge on any atom is 0.0547 e. The van der Waals surface area contributed by atoms with Gasteiger partial charge in [-0.05, 0) is 38.9 Å². The fourth-order valence-electron chi connectivity index (χ4n) is 2.54. The minimum absolute atomic E-state index is 0.632. The summed E-state index contributed by atoms with van der Waals surface area (Å²) in [5.74, 6) is 0. The SMILES string of the molecule is CCCCCC(C)NCCN(CC)Cc1cccc(C)n1. The molecule has 0 bridgehead atoms. The number of pyridine rings is 1. The molecule has 1 unspecified atom stereocenters. The van der Waals surface area contributed by atoms with Crippen LogP contribution in [0.1, 0.15) is 57.8 Å². The normalized spacial score (nSPS) is 12.8. The third-order valence-corrected chi connectivity index (χ3v) is 3.94. The molecule has 3 nitrogen and oxygen atoms in total. The van der Waals surface area contributed by atoms with Crippen LogP contribution in [0.25, 0.3) is 0 Å². The van der Waals surface area contributed by atoms with E-state index in [1.165, 1.54) is 31.4 Å². The van der Waals surface area contributed by atoms with Crippen molar-refractivity contribution < 1.29 is 0 Å². The van der Waals surface area contributed by atoms with Gasteiger partial charge in [0.05, 0.1) is 5.69 Å². The van der Waals surface area contributed by atoms with Gasteiger partial charge >= 0.3 is 0 Å². The molecule has 0 aliphatic heterocycles.